The van der Waals surface area contributed by atoms with Crippen molar-refractivity contribution in [3.05, 3.63) is 59.9 Å². The zero-order valence-corrected chi connectivity index (χ0v) is 17.0. The molecule has 0 aliphatic rings. The first-order valence-corrected chi connectivity index (χ1v) is 9.95. The van der Waals surface area contributed by atoms with Gasteiger partial charge >= 0.3 is 6.18 Å². The molecule has 8 heteroatoms. The molecule has 1 atom stereocenters. The minimum atomic E-state index is -4.34. The largest absolute Gasteiger partial charge is 0.396 e. The molecule has 0 aliphatic heterocycles. The van der Waals surface area contributed by atoms with Crippen molar-refractivity contribution in [3.8, 4) is 11.3 Å². The van der Waals surface area contributed by atoms with Crippen molar-refractivity contribution < 1.29 is 27.9 Å². The van der Waals surface area contributed by atoms with E-state index in [-0.39, 0.29) is 31.1 Å². The van der Waals surface area contributed by atoms with Crippen LogP contribution in [0.4, 0.5) is 13.2 Å². The number of alkyl halides is 3. The van der Waals surface area contributed by atoms with Crippen LogP contribution in [0.2, 0.25) is 0 Å². The summed E-state index contributed by atoms with van der Waals surface area (Å²) in [5.41, 5.74) is 3.21. The van der Waals surface area contributed by atoms with E-state index in [1.54, 1.807) is 54.0 Å². The van der Waals surface area contributed by atoms with Crippen molar-refractivity contribution >= 4 is 17.2 Å². The molecule has 1 aromatic carbocycles. The van der Waals surface area contributed by atoms with Gasteiger partial charge in [0, 0.05) is 43.2 Å². The zero-order chi connectivity index (χ0) is 22.6. The van der Waals surface area contributed by atoms with Gasteiger partial charge in [0.25, 0.3) is 0 Å². The summed E-state index contributed by atoms with van der Waals surface area (Å²) in [7, 11) is 0. The minimum absolute atomic E-state index is 0.0590. The van der Waals surface area contributed by atoms with Crippen LogP contribution in [0.25, 0.3) is 16.9 Å². The van der Waals surface area contributed by atoms with Gasteiger partial charge in [-0.1, -0.05) is 25.1 Å². The molecule has 3 rings (SSSR count). The molecule has 0 saturated heterocycles. The topological polar surface area (TPSA) is 71.7 Å². The summed E-state index contributed by atoms with van der Waals surface area (Å²) >= 11 is 0. The van der Waals surface area contributed by atoms with Crippen LogP contribution in [0, 0.1) is 5.92 Å². The number of Topliss-reactive ketones (excluding diaryl/α,β-unsaturated/α-hetero) is 2. The van der Waals surface area contributed by atoms with Gasteiger partial charge in [0.05, 0.1) is 18.3 Å². The monoisotopic (exact) mass is 432 g/mol. The molecule has 1 unspecified atom stereocenters. The number of carbonyl (C=O) groups excluding carboxylic acids is 2. The maximum absolute atomic E-state index is 12.3. The fourth-order valence-electron chi connectivity index (χ4n) is 3.30. The van der Waals surface area contributed by atoms with Crippen molar-refractivity contribution in [2.75, 3.05) is 6.61 Å². The first kappa shape index (κ1) is 22.7. The zero-order valence-electron chi connectivity index (χ0n) is 17.0. The van der Waals surface area contributed by atoms with Crippen LogP contribution in [0.5, 0.6) is 0 Å². The van der Waals surface area contributed by atoms with Gasteiger partial charge < -0.3 is 5.11 Å². The molecule has 3 aromatic rings. The lowest BCUT2D eigenvalue weighted by Gasteiger charge is -2.08. The van der Waals surface area contributed by atoms with Crippen molar-refractivity contribution in [2.24, 2.45) is 5.92 Å². The van der Waals surface area contributed by atoms with Gasteiger partial charge in [0.15, 0.2) is 5.78 Å². The fraction of sp³-hybridized carbons (Fsp3) is 0.348. The summed E-state index contributed by atoms with van der Waals surface area (Å²) in [6.07, 6.45) is -2.44. The first-order chi connectivity index (χ1) is 14.7. The predicted octanol–water partition coefficient (Wildman–Crippen LogP) is 4.66. The Morgan fingerprint density at radius 2 is 1.97 bits per heavy atom. The van der Waals surface area contributed by atoms with Crippen LogP contribution < -0.4 is 0 Å². The number of hydrogen-bond acceptors (Lipinski definition) is 4. The molecule has 31 heavy (non-hydrogen) atoms. The number of pyridine rings is 1. The third-order valence-corrected chi connectivity index (χ3v) is 4.99. The molecule has 1 N–H and O–H groups in total. The summed E-state index contributed by atoms with van der Waals surface area (Å²) in [6.45, 7) is 1.74. The number of halogens is 3. The van der Waals surface area contributed by atoms with Gasteiger partial charge in [0.1, 0.15) is 11.4 Å². The molecule has 0 radical (unpaired) electrons. The second-order valence-electron chi connectivity index (χ2n) is 7.73. The van der Waals surface area contributed by atoms with Crippen LogP contribution in [-0.2, 0) is 11.2 Å². The van der Waals surface area contributed by atoms with E-state index in [0.29, 0.717) is 16.8 Å². The number of nitrogens with zero attached hydrogens (tertiary/aromatic N) is 2. The van der Waals surface area contributed by atoms with Gasteiger partial charge in [-0.2, -0.15) is 13.2 Å². The molecule has 0 fully saturated rings. The van der Waals surface area contributed by atoms with Crippen LogP contribution in [0.1, 0.15) is 42.1 Å². The van der Waals surface area contributed by atoms with E-state index in [1.165, 1.54) is 0 Å². The number of ketones is 2. The highest BCUT2D eigenvalue weighted by Crippen LogP contribution is 2.25. The Labute approximate surface area is 177 Å². The molecular formula is C23H23F3N2O3. The van der Waals surface area contributed by atoms with E-state index in [4.69, 9.17) is 5.11 Å². The van der Waals surface area contributed by atoms with Gasteiger partial charge in [-0.05, 0) is 29.7 Å². The van der Waals surface area contributed by atoms with E-state index in [9.17, 15) is 22.8 Å². The van der Waals surface area contributed by atoms with Crippen molar-refractivity contribution in [2.45, 2.75) is 38.8 Å². The summed E-state index contributed by atoms with van der Waals surface area (Å²) < 4.78 is 38.8. The van der Waals surface area contributed by atoms with E-state index >= 15 is 0 Å². The molecule has 2 aromatic heterocycles. The molecule has 0 spiro atoms. The van der Waals surface area contributed by atoms with E-state index in [1.807, 2.05) is 6.07 Å². The van der Waals surface area contributed by atoms with Crippen LogP contribution in [0.15, 0.2) is 48.8 Å². The predicted molar refractivity (Wildman–Crippen MR) is 110 cm³/mol. The lowest BCUT2D eigenvalue weighted by molar-refractivity contribution is -0.143. The highest BCUT2D eigenvalue weighted by molar-refractivity contribution is 5.97. The molecule has 2 heterocycles. The number of hydrogen-bond donors (Lipinski definition) is 1. The molecule has 5 nitrogen and oxygen atoms in total. The van der Waals surface area contributed by atoms with Crippen molar-refractivity contribution in [3.63, 3.8) is 0 Å². The number of fused-ring (bicyclic) bond motifs is 1. The second kappa shape index (κ2) is 9.43. The summed E-state index contributed by atoms with van der Waals surface area (Å²) in [6, 6.07) is 10.4. The molecule has 0 amide bonds. The van der Waals surface area contributed by atoms with E-state index < -0.39 is 24.8 Å². The third-order valence-electron chi connectivity index (χ3n) is 4.99. The normalized spacial score (nSPS) is 12.8. The molecule has 0 aliphatic carbocycles. The number of carbonyl (C=O) groups is 2. The average Bonchev–Trinajstić information content (AvgIpc) is 3.15. The molecular weight excluding hydrogens is 409 g/mol. The number of aromatic nitrogens is 2. The summed E-state index contributed by atoms with van der Waals surface area (Å²) in [5, 5.41) is 9.13. The van der Waals surface area contributed by atoms with Crippen LogP contribution in [0.3, 0.4) is 0 Å². The number of aliphatic hydroxyl groups is 1. The van der Waals surface area contributed by atoms with E-state index in [2.05, 4.69) is 4.98 Å². The Balaban J connectivity index is 1.78. The standard InChI is InChI=1S/C23H23F3N2O3/c1-15(14-29)9-21(31)18-6-8-28-20(13-27-22(28)12-18)17-4-2-3-16(10-17)11-19(30)5-7-23(24,25)26/h2-4,6,8,10,12-13,15,29H,5,7,9,11,14H2,1H3. The molecule has 0 bridgehead atoms. The Bertz CT molecular complexity index is 1090. The van der Waals surface area contributed by atoms with E-state index in [0.717, 1.165) is 11.3 Å². The molecule has 164 valence electrons. The van der Waals surface area contributed by atoms with Crippen LogP contribution >= 0.6 is 0 Å². The van der Waals surface area contributed by atoms with Gasteiger partial charge in [-0.15, -0.1) is 0 Å². The number of imidazole rings is 1. The van der Waals surface area contributed by atoms with Crippen LogP contribution in [-0.4, -0.2) is 38.8 Å². The minimum Gasteiger partial charge on any atom is -0.396 e. The summed E-state index contributed by atoms with van der Waals surface area (Å²) in [4.78, 5) is 28.6. The Kier molecular flexibility index (Phi) is 6.90. The highest BCUT2D eigenvalue weighted by atomic mass is 19.4. The Morgan fingerprint density at radius 1 is 1.19 bits per heavy atom. The van der Waals surface area contributed by atoms with Gasteiger partial charge in [-0.25, -0.2) is 4.98 Å². The molecule has 0 saturated carbocycles. The maximum atomic E-state index is 12.3. The fourth-order valence-corrected chi connectivity index (χ4v) is 3.30. The van der Waals surface area contributed by atoms with Gasteiger partial charge in [0.2, 0.25) is 0 Å². The SMILES string of the molecule is CC(CO)CC(=O)c1ccn2c(-c3cccc(CC(=O)CCC(F)(F)F)c3)cnc2c1. The second-order valence-corrected chi connectivity index (χ2v) is 7.73. The highest BCUT2D eigenvalue weighted by Gasteiger charge is 2.27. The first-order valence-electron chi connectivity index (χ1n) is 9.95. The number of rotatable bonds is 9. The lowest BCUT2D eigenvalue weighted by atomic mass is 10.0. The Morgan fingerprint density at radius 3 is 2.68 bits per heavy atom. The lowest BCUT2D eigenvalue weighted by Crippen LogP contribution is -2.12. The average molecular weight is 432 g/mol. The smallest absolute Gasteiger partial charge is 0.389 e. The maximum Gasteiger partial charge on any atom is 0.389 e. The van der Waals surface area contributed by atoms with Gasteiger partial charge in [-0.3, -0.25) is 14.0 Å². The van der Waals surface area contributed by atoms with Crippen molar-refractivity contribution in [1.29, 1.82) is 0 Å². The Hall–Kier alpha value is -3.00. The summed E-state index contributed by atoms with van der Waals surface area (Å²) in [5.74, 6) is -0.665. The van der Waals surface area contributed by atoms with Crippen molar-refractivity contribution in [1.82, 2.24) is 9.38 Å². The quantitative estimate of drug-likeness (QED) is 0.500. The number of aliphatic hydroxyl groups excluding tert-OH is 1. The third kappa shape index (κ3) is 6.01. The number of benzene rings is 1.